The van der Waals surface area contributed by atoms with E-state index in [9.17, 15) is 83.4 Å². The van der Waals surface area contributed by atoms with Crippen LogP contribution in [0, 0.1) is 0 Å². The molecule has 0 aliphatic carbocycles. The third-order valence-corrected chi connectivity index (χ3v) is 4.80. The zero-order valence-electron chi connectivity index (χ0n) is 17.3. The molecule has 0 unspecified atom stereocenters. The molecule has 0 bridgehead atoms. The number of anilines is 2. The molecule has 0 saturated carbocycles. The van der Waals surface area contributed by atoms with Crippen LogP contribution < -0.4 is 16.2 Å². The van der Waals surface area contributed by atoms with Crippen LogP contribution in [0.5, 0.6) is 5.75 Å². The van der Waals surface area contributed by atoms with Gasteiger partial charge in [-0.25, -0.2) is 0 Å². The van der Waals surface area contributed by atoms with Gasteiger partial charge < -0.3 is 16.2 Å². The largest absolute Gasteiger partial charge is 0.460 e. The van der Waals surface area contributed by atoms with Crippen LogP contribution in [0.1, 0.15) is 0 Å². The van der Waals surface area contributed by atoms with Gasteiger partial charge in [0, 0.05) is 6.07 Å². The van der Waals surface area contributed by atoms with E-state index >= 15 is 0 Å². The fraction of sp³-hybridized carbons (Fsp3) is 0.500. The molecule has 1 rings (SSSR count). The molecule has 39 heavy (non-hydrogen) atoms. The Morgan fingerprint density at radius 3 is 1.28 bits per heavy atom. The highest BCUT2D eigenvalue weighted by Crippen LogP contribution is 2.64. The number of hydrogen-bond donors (Lipinski definition) is 2. The SMILES string of the molecule is Nc1cc(Cl)c(OC(F)=C(F)C(F)(F)C(F)(F)C(F)(F)C(F)(F)C(F)(F)C(F)(F)C(F)(F)C(F)(F)F)cc1N. The van der Waals surface area contributed by atoms with Crippen molar-refractivity contribution in [2.75, 3.05) is 11.5 Å². The highest BCUT2D eigenvalue weighted by Gasteiger charge is 2.95. The molecule has 0 heterocycles. The standard InChI is InChI=1S/C16H6ClF19N2O/c17-3-1-4(37)5(38)2-6(3)39-8(19)7(18)9(20,21)10(22,23)11(24,25)12(26,27)13(28,29)14(30,31)15(32,33)16(34,35)36/h1-2H,37-38H2. The van der Waals surface area contributed by atoms with Gasteiger partial charge in [0.2, 0.25) is 5.83 Å². The number of ether oxygens (including phenoxy) is 1. The topological polar surface area (TPSA) is 61.3 Å². The van der Waals surface area contributed by atoms with Gasteiger partial charge in [-0.3, -0.25) is 0 Å². The number of alkyl halides is 17. The molecule has 0 aliphatic heterocycles. The average molecular weight is 639 g/mol. The van der Waals surface area contributed by atoms with Crippen molar-refractivity contribution in [2.24, 2.45) is 0 Å². The lowest BCUT2D eigenvalue weighted by Crippen LogP contribution is -2.74. The molecule has 1 aromatic carbocycles. The van der Waals surface area contributed by atoms with Crippen LogP contribution in [0.2, 0.25) is 5.02 Å². The van der Waals surface area contributed by atoms with Crippen LogP contribution >= 0.6 is 11.6 Å². The minimum atomic E-state index is -8.96. The third-order valence-electron chi connectivity index (χ3n) is 4.51. The molecule has 3 nitrogen and oxygen atoms in total. The molecule has 0 radical (unpaired) electrons. The Balaban J connectivity index is 3.70. The number of nitrogen functional groups attached to an aromatic ring is 2. The van der Waals surface area contributed by atoms with Crippen LogP contribution in [0.15, 0.2) is 24.0 Å². The number of halogens is 20. The second-order valence-corrected chi connectivity index (χ2v) is 7.53. The molecule has 0 saturated heterocycles. The molecular formula is C16H6ClF19N2O. The highest BCUT2D eigenvalue weighted by atomic mass is 35.5. The van der Waals surface area contributed by atoms with E-state index in [0.717, 1.165) is 0 Å². The molecule has 4 N–H and O–H groups in total. The lowest BCUT2D eigenvalue weighted by molar-refractivity contribution is -0.460. The summed E-state index contributed by atoms with van der Waals surface area (Å²) < 4.78 is 255. The zero-order chi connectivity index (χ0) is 31.6. The third kappa shape index (κ3) is 4.81. The van der Waals surface area contributed by atoms with Gasteiger partial charge in [-0.15, -0.1) is 0 Å². The molecule has 1 aromatic rings. The predicted molar refractivity (Wildman–Crippen MR) is 90.8 cm³/mol. The van der Waals surface area contributed by atoms with Crippen molar-refractivity contribution in [3.05, 3.63) is 29.0 Å². The Kier molecular flexibility index (Phi) is 8.33. The normalized spacial score (nSPS) is 15.8. The first-order valence-electron chi connectivity index (χ1n) is 8.67. The second kappa shape index (κ2) is 9.46. The summed E-state index contributed by atoms with van der Waals surface area (Å²) in [7, 11) is 0. The first-order chi connectivity index (χ1) is 16.9. The summed E-state index contributed by atoms with van der Waals surface area (Å²) >= 11 is 5.33. The van der Waals surface area contributed by atoms with Crippen LogP contribution in [-0.4, -0.2) is 47.6 Å². The second-order valence-electron chi connectivity index (χ2n) is 7.12. The predicted octanol–water partition coefficient (Wildman–Crippen LogP) is 8.00. The fourth-order valence-corrected chi connectivity index (χ4v) is 2.44. The lowest BCUT2D eigenvalue weighted by atomic mass is 9.88. The van der Waals surface area contributed by atoms with Gasteiger partial charge in [0.15, 0.2) is 5.75 Å². The summed E-state index contributed by atoms with van der Waals surface area (Å²) in [4.78, 5) is 0. The van der Waals surface area contributed by atoms with Crippen molar-refractivity contribution < 1.29 is 88.2 Å². The van der Waals surface area contributed by atoms with Crippen molar-refractivity contribution in [2.45, 2.75) is 47.6 Å². The first-order valence-corrected chi connectivity index (χ1v) is 9.05. The van der Waals surface area contributed by atoms with Gasteiger partial charge in [-0.2, -0.15) is 83.4 Å². The smallest absolute Gasteiger partial charge is 0.428 e. The molecule has 0 aromatic heterocycles. The summed E-state index contributed by atoms with van der Waals surface area (Å²) in [6, 6.07) is -2.98. The van der Waals surface area contributed by atoms with E-state index in [-0.39, 0.29) is 6.07 Å². The summed E-state index contributed by atoms with van der Waals surface area (Å²) in [5.41, 5.74) is 9.16. The van der Waals surface area contributed by atoms with E-state index < -0.39 is 81.6 Å². The van der Waals surface area contributed by atoms with Crippen molar-refractivity contribution >= 4 is 23.0 Å². The molecular weight excluding hydrogens is 633 g/mol. The Morgan fingerprint density at radius 1 is 0.564 bits per heavy atom. The van der Waals surface area contributed by atoms with Crippen molar-refractivity contribution in [1.29, 1.82) is 0 Å². The molecule has 0 amide bonds. The molecule has 23 heteroatoms. The number of rotatable bonds is 9. The fourth-order valence-electron chi connectivity index (χ4n) is 2.23. The van der Waals surface area contributed by atoms with E-state index in [2.05, 4.69) is 4.74 Å². The van der Waals surface area contributed by atoms with Gasteiger partial charge >= 0.3 is 53.6 Å². The number of allylic oxidation sites excluding steroid dienone is 1. The van der Waals surface area contributed by atoms with E-state index in [1.807, 2.05) is 0 Å². The maximum atomic E-state index is 13.8. The Hall–Kier alpha value is -2.68. The average Bonchev–Trinajstić information content (AvgIpc) is 2.75. The molecule has 0 aliphatic rings. The van der Waals surface area contributed by atoms with E-state index in [4.69, 9.17) is 23.1 Å². The summed E-state index contributed by atoms with van der Waals surface area (Å²) in [5, 5.41) is -0.996. The molecule has 0 fully saturated rings. The summed E-state index contributed by atoms with van der Waals surface area (Å²) in [5.74, 6) is -66.2. The van der Waals surface area contributed by atoms with Gasteiger partial charge in [-0.1, -0.05) is 11.6 Å². The van der Waals surface area contributed by atoms with Gasteiger partial charge in [-0.05, 0) is 6.07 Å². The van der Waals surface area contributed by atoms with Crippen LogP contribution in [0.3, 0.4) is 0 Å². The van der Waals surface area contributed by atoms with E-state index in [0.29, 0.717) is 6.07 Å². The number of hydrogen-bond acceptors (Lipinski definition) is 3. The molecule has 0 atom stereocenters. The maximum Gasteiger partial charge on any atom is 0.460 e. The van der Waals surface area contributed by atoms with Crippen LogP contribution in [-0.2, 0) is 0 Å². The minimum Gasteiger partial charge on any atom is -0.428 e. The molecule has 0 spiro atoms. The Labute approximate surface area is 206 Å². The van der Waals surface area contributed by atoms with Gasteiger partial charge in [0.25, 0.3) is 0 Å². The van der Waals surface area contributed by atoms with Crippen molar-refractivity contribution in [3.63, 3.8) is 0 Å². The van der Waals surface area contributed by atoms with E-state index in [1.165, 1.54) is 0 Å². The monoisotopic (exact) mass is 638 g/mol. The maximum absolute atomic E-state index is 13.8. The first kappa shape index (κ1) is 34.3. The van der Waals surface area contributed by atoms with E-state index in [1.54, 1.807) is 0 Å². The lowest BCUT2D eigenvalue weighted by Gasteiger charge is -2.42. The van der Waals surface area contributed by atoms with Gasteiger partial charge in [0.05, 0.1) is 16.4 Å². The summed E-state index contributed by atoms with van der Waals surface area (Å²) in [6.07, 6.45) is -7.93. The quantitative estimate of drug-likeness (QED) is 0.164. The zero-order valence-corrected chi connectivity index (χ0v) is 18.0. The minimum absolute atomic E-state index is 0.257. The van der Waals surface area contributed by atoms with Crippen molar-refractivity contribution in [3.8, 4) is 5.75 Å². The Morgan fingerprint density at radius 2 is 0.897 bits per heavy atom. The number of nitrogens with two attached hydrogens (primary N) is 2. The van der Waals surface area contributed by atoms with Crippen LogP contribution in [0.25, 0.3) is 0 Å². The summed E-state index contributed by atoms with van der Waals surface area (Å²) in [6.45, 7) is 0. The molecule has 226 valence electrons. The van der Waals surface area contributed by atoms with Gasteiger partial charge in [0.1, 0.15) is 0 Å². The Bertz CT molecular complexity index is 1130. The number of benzene rings is 1. The van der Waals surface area contributed by atoms with Crippen LogP contribution in [0.4, 0.5) is 94.8 Å². The van der Waals surface area contributed by atoms with Crippen molar-refractivity contribution in [1.82, 2.24) is 0 Å². The highest BCUT2D eigenvalue weighted by molar-refractivity contribution is 6.32.